The Morgan fingerprint density at radius 2 is 2.10 bits per heavy atom. The van der Waals surface area contributed by atoms with E-state index in [4.69, 9.17) is 4.98 Å². The van der Waals surface area contributed by atoms with Gasteiger partial charge in [0.25, 0.3) is 5.56 Å². The van der Waals surface area contributed by atoms with E-state index >= 15 is 0 Å². The van der Waals surface area contributed by atoms with Crippen LogP contribution in [0.3, 0.4) is 0 Å². The van der Waals surface area contributed by atoms with Crippen molar-refractivity contribution in [1.29, 1.82) is 0 Å². The van der Waals surface area contributed by atoms with E-state index in [0.717, 1.165) is 38.5 Å². The molecule has 0 radical (unpaired) electrons. The van der Waals surface area contributed by atoms with Gasteiger partial charge in [0.15, 0.2) is 5.16 Å². The highest BCUT2D eigenvalue weighted by Gasteiger charge is 2.35. The smallest absolute Gasteiger partial charge is 0.262 e. The number of rotatable bonds is 7. The summed E-state index contributed by atoms with van der Waals surface area (Å²) in [5.41, 5.74) is 1.88. The SMILES string of the molecule is CC[C@@H](C)n1c(SCC(=O)N(C2=CCCCC2)C2CC2)nc2ccccc2c1=O. The molecule has 1 amide bonds. The van der Waals surface area contributed by atoms with E-state index in [2.05, 4.69) is 13.0 Å². The van der Waals surface area contributed by atoms with Gasteiger partial charge in [-0.1, -0.05) is 36.9 Å². The van der Waals surface area contributed by atoms with Crippen LogP contribution in [0.25, 0.3) is 10.9 Å². The number of para-hydroxylation sites is 1. The predicted octanol–water partition coefficient (Wildman–Crippen LogP) is 4.91. The van der Waals surface area contributed by atoms with Crippen LogP contribution >= 0.6 is 11.8 Å². The van der Waals surface area contributed by atoms with Gasteiger partial charge >= 0.3 is 0 Å². The minimum Gasteiger partial charge on any atom is -0.313 e. The van der Waals surface area contributed by atoms with Crippen molar-refractivity contribution in [2.75, 3.05) is 5.75 Å². The van der Waals surface area contributed by atoms with Gasteiger partial charge in [-0.3, -0.25) is 14.2 Å². The molecule has 2 aliphatic rings. The molecule has 0 aliphatic heterocycles. The second-order valence-electron chi connectivity index (χ2n) is 8.07. The summed E-state index contributed by atoms with van der Waals surface area (Å²) in [5, 5.41) is 1.28. The summed E-state index contributed by atoms with van der Waals surface area (Å²) in [5.74, 6) is 0.457. The van der Waals surface area contributed by atoms with E-state index in [1.54, 1.807) is 4.57 Å². The molecule has 0 unspecified atom stereocenters. The molecule has 2 aliphatic carbocycles. The first-order valence-electron chi connectivity index (χ1n) is 10.7. The van der Waals surface area contributed by atoms with Gasteiger partial charge in [0.1, 0.15) is 0 Å². The lowest BCUT2D eigenvalue weighted by Crippen LogP contribution is -2.35. The molecule has 1 aromatic carbocycles. The maximum absolute atomic E-state index is 13.1. The Morgan fingerprint density at radius 1 is 1.31 bits per heavy atom. The highest BCUT2D eigenvalue weighted by Crippen LogP contribution is 2.34. The van der Waals surface area contributed by atoms with Crippen LogP contribution in [-0.4, -0.2) is 32.2 Å². The van der Waals surface area contributed by atoms with Gasteiger partial charge < -0.3 is 4.90 Å². The van der Waals surface area contributed by atoms with Crippen molar-refractivity contribution >= 4 is 28.6 Å². The van der Waals surface area contributed by atoms with Gasteiger partial charge in [-0.2, -0.15) is 0 Å². The van der Waals surface area contributed by atoms with Gasteiger partial charge in [-0.25, -0.2) is 4.98 Å². The third kappa shape index (κ3) is 4.27. The second kappa shape index (κ2) is 8.74. The molecule has 0 N–H and O–H groups in total. The maximum atomic E-state index is 13.1. The lowest BCUT2D eigenvalue weighted by molar-refractivity contribution is -0.127. The van der Waals surface area contributed by atoms with Gasteiger partial charge in [0.2, 0.25) is 5.91 Å². The first kappa shape index (κ1) is 20.2. The number of benzene rings is 1. The van der Waals surface area contributed by atoms with Crippen LogP contribution in [0.2, 0.25) is 0 Å². The summed E-state index contributed by atoms with van der Waals surface area (Å²) in [6.07, 6.45) is 9.72. The van der Waals surface area contributed by atoms with Crippen molar-refractivity contribution in [1.82, 2.24) is 14.5 Å². The van der Waals surface area contributed by atoms with Crippen molar-refractivity contribution < 1.29 is 4.79 Å². The molecule has 0 saturated heterocycles. The van der Waals surface area contributed by atoms with Crippen LogP contribution in [0.5, 0.6) is 0 Å². The summed E-state index contributed by atoms with van der Waals surface area (Å²) in [6.45, 7) is 4.10. The summed E-state index contributed by atoms with van der Waals surface area (Å²) in [7, 11) is 0. The first-order chi connectivity index (χ1) is 14.1. The fourth-order valence-corrected chi connectivity index (χ4v) is 4.92. The second-order valence-corrected chi connectivity index (χ2v) is 9.01. The Morgan fingerprint density at radius 3 is 2.79 bits per heavy atom. The van der Waals surface area contributed by atoms with Gasteiger partial charge in [-0.15, -0.1) is 0 Å². The van der Waals surface area contributed by atoms with Gasteiger partial charge in [0.05, 0.1) is 16.7 Å². The van der Waals surface area contributed by atoms with Crippen molar-refractivity contribution in [3.05, 3.63) is 46.4 Å². The molecule has 1 saturated carbocycles. The molecular formula is C23H29N3O2S. The van der Waals surface area contributed by atoms with Crippen molar-refractivity contribution in [3.8, 4) is 0 Å². The zero-order chi connectivity index (χ0) is 20.4. The fourth-order valence-electron chi connectivity index (χ4n) is 3.97. The number of aromatic nitrogens is 2. The number of thioether (sulfide) groups is 1. The minimum absolute atomic E-state index is 0.0195. The highest BCUT2D eigenvalue weighted by molar-refractivity contribution is 7.99. The summed E-state index contributed by atoms with van der Waals surface area (Å²) >= 11 is 1.40. The van der Waals surface area contributed by atoms with Crippen LogP contribution in [-0.2, 0) is 4.79 Å². The molecule has 6 heteroatoms. The molecular weight excluding hydrogens is 382 g/mol. The Bertz CT molecular complexity index is 993. The van der Waals surface area contributed by atoms with Crippen molar-refractivity contribution in [3.63, 3.8) is 0 Å². The summed E-state index contributed by atoms with van der Waals surface area (Å²) < 4.78 is 1.77. The number of hydrogen-bond acceptors (Lipinski definition) is 4. The molecule has 2 aromatic rings. The van der Waals surface area contributed by atoms with E-state index < -0.39 is 0 Å². The van der Waals surface area contributed by atoms with Crippen molar-refractivity contribution in [2.45, 2.75) is 76.0 Å². The molecule has 5 nitrogen and oxygen atoms in total. The van der Waals surface area contributed by atoms with Gasteiger partial charge in [-0.05, 0) is 64.0 Å². The molecule has 1 fully saturated rings. The fraction of sp³-hybridized carbons (Fsp3) is 0.522. The third-order valence-electron chi connectivity index (χ3n) is 5.89. The maximum Gasteiger partial charge on any atom is 0.262 e. The number of allylic oxidation sites excluding steroid dienone is 2. The largest absolute Gasteiger partial charge is 0.313 e. The minimum atomic E-state index is -0.0195. The normalized spacial score (nSPS) is 17.8. The molecule has 4 rings (SSSR count). The number of amides is 1. The van der Waals surface area contributed by atoms with Crippen LogP contribution in [0.15, 0.2) is 46.0 Å². The molecule has 154 valence electrons. The monoisotopic (exact) mass is 411 g/mol. The molecule has 1 atom stereocenters. The molecule has 0 spiro atoms. The Balaban J connectivity index is 1.60. The summed E-state index contributed by atoms with van der Waals surface area (Å²) in [6, 6.07) is 7.87. The predicted molar refractivity (Wildman–Crippen MR) is 118 cm³/mol. The highest BCUT2D eigenvalue weighted by atomic mass is 32.2. The Labute approximate surface area is 176 Å². The number of fused-ring (bicyclic) bond motifs is 1. The average Bonchev–Trinajstić information content (AvgIpc) is 3.58. The zero-order valence-electron chi connectivity index (χ0n) is 17.3. The molecule has 29 heavy (non-hydrogen) atoms. The Kier molecular flexibility index (Phi) is 6.09. The first-order valence-corrected chi connectivity index (χ1v) is 11.7. The summed E-state index contributed by atoms with van der Waals surface area (Å²) in [4.78, 5) is 33.0. The van der Waals surface area contributed by atoms with E-state index in [9.17, 15) is 9.59 Å². The molecule has 1 aromatic heterocycles. The quantitative estimate of drug-likeness (QED) is 0.480. The average molecular weight is 412 g/mol. The van der Waals surface area contributed by atoms with Crippen LogP contribution in [0, 0.1) is 0 Å². The number of carbonyl (C=O) groups is 1. The van der Waals surface area contributed by atoms with E-state index in [0.29, 0.717) is 27.9 Å². The van der Waals surface area contributed by atoms with Gasteiger partial charge in [0, 0.05) is 17.8 Å². The van der Waals surface area contributed by atoms with E-state index in [1.165, 1.54) is 23.9 Å². The molecule has 0 bridgehead atoms. The number of hydrogen-bond donors (Lipinski definition) is 0. The van der Waals surface area contributed by atoms with Crippen molar-refractivity contribution in [2.24, 2.45) is 0 Å². The molecule has 1 heterocycles. The Hall–Kier alpha value is -2.08. The van der Waals surface area contributed by atoms with Crippen LogP contribution < -0.4 is 5.56 Å². The number of nitrogens with zero attached hydrogens (tertiary/aromatic N) is 3. The third-order valence-corrected chi connectivity index (χ3v) is 6.83. The zero-order valence-corrected chi connectivity index (χ0v) is 18.1. The lowest BCUT2D eigenvalue weighted by atomic mass is 10.0. The number of carbonyl (C=O) groups excluding carboxylic acids is 1. The topological polar surface area (TPSA) is 55.2 Å². The van der Waals surface area contributed by atoms with E-state index in [-0.39, 0.29) is 17.5 Å². The van der Waals surface area contributed by atoms with Crippen LogP contribution in [0.1, 0.15) is 64.8 Å². The van der Waals surface area contributed by atoms with Crippen LogP contribution in [0.4, 0.5) is 0 Å². The van der Waals surface area contributed by atoms with E-state index in [1.807, 2.05) is 36.1 Å². The standard InChI is InChI=1S/C23H29N3O2S/c1-3-16(2)25-22(28)19-11-7-8-12-20(19)24-23(25)29-15-21(27)26(18-13-14-18)17-9-5-4-6-10-17/h7-9,11-12,16,18H,3-6,10,13-15H2,1-2H3/t16-/m1/s1. The lowest BCUT2D eigenvalue weighted by Gasteiger charge is -2.28.